The van der Waals surface area contributed by atoms with Gasteiger partial charge in [-0.3, -0.25) is 4.79 Å². The smallest absolute Gasteiger partial charge is 0.355 e. The Bertz CT molecular complexity index is 489. The lowest BCUT2D eigenvalue weighted by atomic mass is 10.4. The van der Waals surface area contributed by atoms with Gasteiger partial charge in [-0.15, -0.1) is 11.3 Å². The predicted molar refractivity (Wildman–Crippen MR) is 72.9 cm³/mol. The summed E-state index contributed by atoms with van der Waals surface area (Å²) in [6.07, 6.45) is 0.469. The molecule has 0 atom stereocenters. The molecule has 0 saturated carbocycles. The Labute approximate surface area is 119 Å². The Morgan fingerprint density at radius 2 is 1.85 bits per heavy atom. The molecular formula is C11H16N4O4S. The summed E-state index contributed by atoms with van der Waals surface area (Å²) in [7, 11) is 0. The minimum atomic E-state index is -1.06. The number of thiazole rings is 1. The first kappa shape index (κ1) is 15.9. The molecule has 0 aliphatic rings. The van der Waals surface area contributed by atoms with E-state index in [9.17, 15) is 14.4 Å². The number of hydrogen-bond acceptors (Lipinski definition) is 5. The fourth-order valence-electron chi connectivity index (χ4n) is 1.28. The molecule has 110 valence electrons. The van der Waals surface area contributed by atoms with Gasteiger partial charge in [-0.2, -0.15) is 0 Å². The summed E-state index contributed by atoms with van der Waals surface area (Å²) in [5.74, 6) is -1.21. The van der Waals surface area contributed by atoms with Crippen molar-refractivity contribution in [3.63, 3.8) is 0 Å². The lowest BCUT2D eigenvalue weighted by molar-refractivity contribution is -0.118. The van der Waals surface area contributed by atoms with Gasteiger partial charge in [0.25, 0.3) is 0 Å². The number of aromatic carboxylic acids is 1. The molecule has 0 aliphatic carbocycles. The molecule has 20 heavy (non-hydrogen) atoms. The fourth-order valence-corrected chi connectivity index (χ4v) is 2.06. The molecule has 1 aromatic rings. The number of urea groups is 1. The second kappa shape index (κ2) is 8.10. The van der Waals surface area contributed by atoms with E-state index in [0.717, 1.165) is 0 Å². The number of carboxylic acid groups (broad SMARTS) is 1. The lowest BCUT2D eigenvalue weighted by Crippen LogP contribution is -2.40. The Kier molecular flexibility index (Phi) is 6.44. The first-order valence-corrected chi connectivity index (χ1v) is 6.81. The molecule has 0 radical (unpaired) electrons. The second-order valence-corrected chi connectivity index (χ2v) is 4.79. The molecule has 9 heteroatoms. The highest BCUT2D eigenvalue weighted by Gasteiger charge is 2.08. The van der Waals surface area contributed by atoms with Gasteiger partial charge in [0.2, 0.25) is 5.91 Å². The fraction of sp³-hybridized carbons (Fsp3) is 0.455. The summed E-state index contributed by atoms with van der Waals surface area (Å²) < 4.78 is 0. The maximum Gasteiger partial charge on any atom is 0.355 e. The van der Waals surface area contributed by atoms with Gasteiger partial charge in [0.15, 0.2) is 5.69 Å². The highest BCUT2D eigenvalue weighted by atomic mass is 32.1. The zero-order chi connectivity index (χ0) is 15.0. The lowest BCUT2D eigenvalue weighted by Gasteiger charge is -2.06. The SMILES string of the molecule is CC(=O)NCCNC(=O)NCCc1nc(C(=O)O)cs1. The van der Waals surface area contributed by atoms with E-state index in [1.165, 1.54) is 23.6 Å². The minimum Gasteiger partial charge on any atom is -0.476 e. The van der Waals surface area contributed by atoms with Crippen molar-refractivity contribution < 1.29 is 19.5 Å². The third-order valence-electron chi connectivity index (χ3n) is 2.18. The quantitative estimate of drug-likeness (QED) is 0.521. The summed E-state index contributed by atoms with van der Waals surface area (Å²) in [5.41, 5.74) is 0.0183. The van der Waals surface area contributed by atoms with Crippen molar-refractivity contribution >= 4 is 29.2 Å². The molecule has 8 nitrogen and oxygen atoms in total. The predicted octanol–water partition coefficient (Wildman–Crippen LogP) is -0.181. The maximum atomic E-state index is 11.3. The normalized spacial score (nSPS) is 9.85. The van der Waals surface area contributed by atoms with E-state index < -0.39 is 5.97 Å². The van der Waals surface area contributed by atoms with Gasteiger partial charge < -0.3 is 21.1 Å². The number of carbonyl (C=O) groups excluding carboxylic acids is 2. The van der Waals surface area contributed by atoms with Crippen LogP contribution in [0.15, 0.2) is 5.38 Å². The topological polar surface area (TPSA) is 120 Å². The van der Waals surface area contributed by atoms with Crippen LogP contribution in [0, 0.1) is 0 Å². The number of rotatable bonds is 7. The minimum absolute atomic E-state index is 0.0183. The molecule has 0 aliphatic heterocycles. The van der Waals surface area contributed by atoms with Crippen molar-refractivity contribution in [2.75, 3.05) is 19.6 Å². The molecule has 0 bridgehead atoms. The van der Waals surface area contributed by atoms with Crippen LogP contribution in [-0.2, 0) is 11.2 Å². The maximum absolute atomic E-state index is 11.3. The number of nitrogens with zero attached hydrogens (tertiary/aromatic N) is 1. The Hall–Kier alpha value is -2.16. The zero-order valence-electron chi connectivity index (χ0n) is 10.9. The third-order valence-corrected chi connectivity index (χ3v) is 3.09. The van der Waals surface area contributed by atoms with Crippen LogP contribution in [0.2, 0.25) is 0 Å². The molecule has 4 N–H and O–H groups in total. The highest BCUT2D eigenvalue weighted by molar-refractivity contribution is 7.09. The van der Waals surface area contributed by atoms with Gasteiger partial charge in [-0.05, 0) is 0 Å². The van der Waals surface area contributed by atoms with Crippen molar-refractivity contribution in [3.05, 3.63) is 16.1 Å². The Morgan fingerprint density at radius 1 is 1.20 bits per heavy atom. The summed E-state index contributed by atoms with van der Waals surface area (Å²) in [5, 5.41) is 18.6. The van der Waals surface area contributed by atoms with Crippen LogP contribution in [0.4, 0.5) is 4.79 Å². The monoisotopic (exact) mass is 300 g/mol. The number of carboxylic acids is 1. The van der Waals surface area contributed by atoms with Crippen LogP contribution in [-0.4, -0.2) is 47.6 Å². The summed E-state index contributed by atoms with van der Waals surface area (Å²) in [6.45, 7) is 2.47. The molecule has 0 fully saturated rings. The van der Waals surface area contributed by atoms with Crippen molar-refractivity contribution in [3.8, 4) is 0 Å². The van der Waals surface area contributed by atoms with Gasteiger partial charge in [0.1, 0.15) is 0 Å². The number of carbonyl (C=O) groups is 3. The molecule has 1 heterocycles. The number of hydrogen-bond donors (Lipinski definition) is 4. The highest BCUT2D eigenvalue weighted by Crippen LogP contribution is 2.09. The molecule has 0 spiro atoms. The molecular weight excluding hydrogens is 284 g/mol. The van der Waals surface area contributed by atoms with Crippen molar-refractivity contribution in [1.82, 2.24) is 20.9 Å². The van der Waals surface area contributed by atoms with E-state index in [0.29, 0.717) is 31.1 Å². The van der Waals surface area contributed by atoms with Crippen LogP contribution in [0.5, 0.6) is 0 Å². The van der Waals surface area contributed by atoms with Crippen molar-refractivity contribution in [2.45, 2.75) is 13.3 Å². The summed E-state index contributed by atoms with van der Waals surface area (Å²) in [6, 6.07) is -0.342. The van der Waals surface area contributed by atoms with Gasteiger partial charge in [0, 0.05) is 38.4 Å². The molecule has 0 unspecified atom stereocenters. The van der Waals surface area contributed by atoms with Gasteiger partial charge in [0.05, 0.1) is 5.01 Å². The van der Waals surface area contributed by atoms with Crippen LogP contribution < -0.4 is 16.0 Å². The Balaban J connectivity index is 2.15. The van der Waals surface area contributed by atoms with Crippen molar-refractivity contribution in [2.24, 2.45) is 0 Å². The van der Waals surface area contributed by atoms with Crippen LogP contribution in [0.25, 0.3) is 0 Å². The number of aromatic nitrogens is 1. The van der Waals surface area contributed by atoms with E-state index in [4.69, 9.17) is 5.11 Å². The van der Waals surface area contributed by atoms with Gasteiger partial charge in [-0.1, -0.05) is 0 Å². The van der Waals surface area contributed by atoms with E-state index >= 15 is 0 Å². The standard InChI is InChI=1S/C11H16N4O4S/c1-7(16)12-4-5-14-11(19)13-3-2-9-15-8(6-20-9)10(17)18/h6H,2-5H2,1H3,(H,12,16)(H,17,18)(H2,13,14,19). The number of nitrogens with one attached hydrogen (secondary N) is 3. The third kappa shape index (κ3) is 6.14. The van der Waals surface area contributed by atoms with Gasteiger partial charge in [-0.25, -0.2) is 14.6 Å². The van der Waals surface area contributed by atoms with Crippen LogP contribution in [0.3, 0.4) is 0 Å². The number of amides is 3. The van der Waals surface area contributed by atoms with E-state index in [1.54, 1.807) is 0 Å². The average molecular weight is 300 g/mol. The van der Waals surface area contributed by atoms with Crippen LogP contribution in [0.1, 0.15) is 22.4 Å². The largest absolute Gasteiger partial charge is 0.476 e. The molecule has 0 aromatic carbocycles. The summed E-state index contributed by atoms with van der Waals surface area (Å²) >= 11 is 1.24. The molecule has 0 saturated heterocycles. The van der Waals surface area contributed by atoms with Gasteiger partial charge >= 0.3 is 12.0 Å². The van der Waals surface area contributed by atoms with Crippen LogP contribution >= 0.6 is 11.3 Å². The zero-order valence-corrected chi connectivity index (χ0v) is 11.7. The first-order chi connectivity index (χ1) is 9.49. The second-order valence-electron chi connectivity index (χ2n) is 3.85. The molecule has 1 rings (SSSR count). The first-order valence-electron chi connectivity index (χ1n) is 5.93. The van der Waals surface area contributed by atoms with Crippen molar-refractivity contribution in [1.29, 1.82) is 0 Å². The van der Waals surface area contributed by atoms with E-state index in [2.05, 4.69) is 20.9 Å². The average Bonchev–Trinajstić information content (AvgIpc) is 2.83. The van der Waals surface area contributed by atoms with E-state index in [1.807, 2.05) is 0 Å². The molecule has 3 amide bonds. The summed E-state index contributed by atoms with van der Waals surface area (Å²) in [4.78, 5) is 36.5. The Morgan fingerprint density at radius 3 is 2.45 bits per heavy atom. The van der Waals surface area contributed by atoms with E-state index in [-0.39, 0.29) is 17.6 Å². The molecule has 1 aromatic heterocycles.